The summed E-state index contributed by atoms with van der Waals surface area (Å²) in [6, 6.07) is 8.93. The first kappa shape index (κ1) is 12.0. The number of benzene rings is 1. The van der Waals surface area contributed by atoms with Crippen molar-refractivity contribution in [1.29, 1.82) is 0 Å². The highest BCUT2D eigenvalue weighted by Crippen LogP contribution is 2.23. The van der Waals surface area contributed by atoms with Gasteiger partial charge in [-0.15, -0.1) is 11.8 Å². The van der Waals surface area contributed by atoms with Crippen LogP contribution in [0.5, 0.6) is 0 Å². The van der Waals surface area contributed by atoms with Crippen LogP contribution in [0, 0.1) is 0 Å². The predicted octanol–water partition coefficient (Wildman–Crippen LogP) is 4.22. The quantitative estimate of drug-likeness (QED) is 0.579. The molecule has 1 aromatic carbocycles. The molecule has 0 aliphatic heterocycles. The van der Waals surface area contributed by atoms with Crippen molar-refractivity contribution in [1.82, 2.24) is 0 Å². The molecule has 0 radical (unpaired) electrons. The molecule has 0 nitrogen and oxygen atoms in total. The highest BCUT2D eigenvalue weighted by atomic mass is 32.2. The van der Waals surface area contributed by atoms with Crippen molar-refractivity contribution in [3.8, 4) is 0 Å². The molecule has 0 N–H and O–H groups in total. The second-order valence-electron chi connectivity index (χ2n) is 3.42. The van der Waals surface area contributed by atoms with Crippen LogP contribution in [0.15, 0.2) is 29.2 Å². The lowest BCUT2D eigenvalue weighted by molar-refractivity contribution is 0.741. The Morgan fingerprint density at radius 3 is 2.43 bits per heavy atom. The zero-order valence-corrected chi connectivity index (χ0v) is 10.6. The van der Waals surface area contributed by atoms with Crippen LogP contribution in [0.25, 0.3) is 0 Å². The minimum absolute atomic E-state index is 0.633. The Labute approximate surface area is 96.9 Å². The van der Waals surface area contributed by atoms with Gasteiger partial charge in [-0.2, -0.15) is 12.6 Å². The SMILES string of the molecule is CCSc1ccc(C(C)CCS)cc1. The molecule has 14 heavy (non-hydrogen) atoms. The monoisotopic (exact) mass is 226 g/mol. The van der Waals surface area contributed by atoms with Crippen LogP contribution < -0.4 is 0 Å². The van der Waals surface area contributed by atoms with Crippen molar-refractivity contribution in [2.45, 2.75) is 31.1 Å². The van der Waals surface area contributed by atoms with E-state index in [2.05, 4.69) is 50.7 Å². The van der Waals surface area contributed by atoms with E-state index in [0.717, 1.165) is 17.9 Å². The molecule has 0 heterocycles. The minimum atomic E-state index is 0.633. The third kappa shape index (κ3) is 3.58. The van der Waals surface area contributed by atoms with Gasteiger partial charge in [-0.25, -0.2) is 0 Å². The Balaban J connectivity index is 2.62. The van der Waals surface area contributed by atoms with E-state index in [1.54, 1.807) is 0 Å². The molecule has 0 saturated heterocycles. The largest absolute Gasteiger partial charge is 0.179 e. The first-order chi connectivity index (χ1) is 6.77. The highest BCUT2D eigenvalue weighted by Gasteiger charge is 2.03. The van der Waals surface area contributed by atoms with Crippen molar-refractivity contribution in [3.05, 3.63) is 29.8 Å². The van der Waals surface area contributed by atoms with Crippen LogP contribution in [0.3, 0.4) is 0 Å². The molecule has 0 aromatic heterocycles. The number of hydrogen-bond donors (Lipinski definition) is 1. The smallest absolute Gasteiger partial charge is 0.00720 e. The number of thiol groups is 1. The molecular formula is C12H18S2. The van der Waals surface area contributed by atoms with Crippen LogP contribution in [0.2, 0.25) is 0 Å². The van der Waals surface area contributed by atoms with Gasteiger partial charge in [0.05, 0.1) is 0 Å². The molecule has 0 fully saturated rings. The van der Waals surface area contributed by atoms with Crippen molar-refractivity contribution in [2.75, 3.05) is 11.5 Å². The normalized spacial score (nSPS) is 12.8. The summed E-state index contributed by atoms with van der Waals surface area (Å²) in [6.45, 7) is 4.44. The average molecular weight is 226 g/mol. The van der Waals surface area contributed by atoms with Crippen LogP contribution >= 0.6 is 24.4 Å². The van der Waals surface area contributed by atoms with Crippen LogP contribution in [-0.2, 0) is 0 Å². The topological polar surface area (TPSA) is 0 Å². The van der Waals surface area contributed by atoms with E-state index >= 15 is 0 Å². The van der Waals surface area contributed by atoms with Crippen molar-refractivity contribution in [3.63, 3.8) is 0 Å². The Kier molecular flexibility index (Phi) is 5.49. The maximum absolute atomic E-state index is 4.26. The van der Waals surface area contributed by atoms with E-state index in [0.29, 0.717) is 5.92 Å². The van der Waals surface area contributed by atoms with E-state index in [1.165, 1.54) is 10.5 Å². The molecule has 78 valence electrons. The van der Waals surface area contributed by atoms with Crippen LogP contribution in [-0.4, -0.2) is 11.5 Å². The molecule has 0 aliphatic carbocycles. The summed E-state index contributed by atoms with van der Waals surface area (Å²) in [5.74, 6) is 2.74. The van der Waals surface area contributed by atoms with E-state index in [4.69, 9.17) is 0 Å². The fraction of sp³-hybridized carbons (Fsp3) is 0.500. The zero-order chi connectivity index (χ0) is 10.4. The summed E-state index contributed by atoms with van der Waals surface area (Å²) >= 11 is 6.15. The lowest BCUT2D eigenvalue weighted by Crippen LogP contribution is -1.93. The molecule has 2 heteroatoms. The molecule has 0 saturated carbocycles. The summed E-state index contributed by atoms with van der Waals surface area (Å²) < 4.78 is 0. The van der Waals surface area contributed by atoms with Gasteiger partial charge in [-0.1, -0.05) is 26.0 Å². The number of thioether (sulfide) groups is 1. The third-order valence-corrected chi connectivity index (χ3v) is 3.47. The lowest BCUT2D eigenvalue weighted by Gasteiger charge is -2.10. The van der Waals surface area contributed by atoms with E-state index in [1.807, 2.05) is 11.8 Å². The van der Waals surface area contributed by atoms with Crippen molar-refractivity contribution >= 4 is 24.4 Å². The summed E-state index contributed by atoms with van der Waals surface area (Å²) in [4.78, 5) is 1.37. The van der Waals surface area contributed by atoms with Gasteiger partial charge < -0.3 is 0 Å². The maximum atomic E-state index is 4.26. The molecule has 1 rings (SSSR count). The highest BCUT2D eigenvalue weighted by molar-refractivity contribution is 7.99. The van der Waals surface area contributed by atoms with E-state index < -0.39 is 0 Å². The molecule has 0 spiro atoms. The van der Waals surface area contributed by atoms with Gasteiger partial charge in [0.2, 0.25) is 0 Å². The molecule has 1 aromatic rings. The first-order valence-electron chi connectivity index (χ1n) is 5.11. The summed E-state index contributed by atoms with van der Waals surface area (Å²) in [5.41, 5.74) is 1.43. The Morgan fingerprint density at radius 1 is 1.29 bits per heavy atom. The van der Waals surface area contributed by atoms with Crippen molar-refractivity contribution in [2.24, 2.45) is 0 Å². The molecule has 1 unspecified atom stereocenters. The summed E-state index contributed by atoms with van der Waals surface area (Å²) in [5, 5.41) is 0. The lowest BCUT2D eigenvalue weighted by atomic mass is 9.99. The van der Waals surface area contributed by atoms with Gasteiger partial charge in [0, 0.05) is 4.90 Å². The van der Waals surface area contributed by atoms with Gasteiger partial charge in [-0.3, -0.25) is 0 Å². The molecule has 0 amide bonds. The fourth-order valence-electron chi connectivity index (χ4n) is 1.42. The van der Waals surface area contributed by atoms with E-state index in [9.17, 15) is 0 Å². The molecule has 0 aliphatic rings. The standard InChI is InChI=1S/C12H18S2/c1-3-14-12-6-4-11(5-7-12)10(2)8-9-13/h4-7,10,13H,3,8-9H2,1-2H3. The Morgan fingerprint density at radius 2 is 1.93 bits per heavy atom. The summed E-state index contributed by atoms with van der Waals surface area (Å²) in [6.07, 6.45) is 1.16. The first-order valence-corrected chi connectivity index (χ1v) is 6.73. The van der Waals surface area contributed by atoms with Gasteiger partial charge in [-0.05, 0) is 41.5 Å². The van der Waals surface area contributed by atoms with Gasteiger partial charge >= 0.3 is 0 Å². The Bertz CT molecular complexity index is 254. The molecule has 0 bridgehead atoms. The summed E-state index contributed by atoms with van der Waals surface area (Å²) in [7, 11) is 0. The van der Waals surface area contributed by atoms with Crippen LogP contribution in [0.4, 0.5) is 0 Å². The molecule has 1 atom stereocenters. The number of rotatable bonds is 5. The van der Waals surface area contributed by atoms with E-state index in [-0.39, 0.29) is 0 Å². The van der Waals surface area contributed by atoms with Crippen LogP contribution in [0.1, 0.15) is 31.7 Å². The number of hydrogen-bond acceptors (Lipinski definition) is 2. The predicted molar refractivity (Wildman–Crippen MR) is 69.7 cm³/mol. The second kappa shape index (κ2) is 6.41. The maximum Gasteiger partial charge on any atom is 0.00720 e. The van der Waals surface area contributed by atoms with Crippen molar-refractivity contribution < 1.29 is 0 Å². The van der Waals surface area contributed by atoms with Gasteiger partial charge in [0.25, 0.3) is 0 Å². The minimum Gasteiger partial charge on any atom is -0.179 e. The second-order valence-corrected chi connectivity index (χ2v) is 5.20. The average Bonchev–Trinajstić information content (AvgIpc) is 2.20. The van der Waals surface area contributed by atoms with Gasteiger partial charge in [0.1, 0.15) is 0 Å². The fourth-order valence-corrected chi connectivity index (χ4v) is 2.47. The Hall–Kier alpha value is -0.0800. The zero-order valence-electron chi connectivity index (χ0n) is 8.86. The third-order valence-electron chi connectivity index (χ3n) is 2.32. The molecular weight excluding hydrogens is 208 g/mol. The van der Waals surface area contributed by atoms with Gasteiger partial charge in [0.15, 0.2) is 0 Å².